The van der Waals surface area contributed by atoms with Crippen LogP contribution in [0.2, 0.25) is 0 Å². The van der Waals surface area contributed by atoms with E-state index in [-0.39, 0.29) is 6.04 Å². The molecule has 1 atom stereocenters. The van der Waals surface area contributed by atoms with Crippen LogP contribution in [0.25, 0.3) is 0 Å². The Kier molecular flexibility index (Phi) is 4.24. The number of rotatable bonds is 4. The summed E-state index contributed by atoms with van der Waals surface area (Å²) in [6.45, 7) is 0. The number of nitrogens with zero attached hydrogens (tertiary/aromatic N) is 1. The summed E-state index contributed by atoms with van der Waals surface area (Å²) < 4.78 is 6.17. The fraction of sp³-hybridized carbons (Fsp3) is 0.154. The summed E-state index contributed by atoms with van der Waals surface area (Å²) in [5, 5.41) is 12.4. The van der Waals surface area contributed by atoms with Crippen molar-refractivity contribution >= 4 is 33.0 Å². The highest BCUT2D eigenvalue weighted by Crippen LogP contribution is 2.29. The van der Waals surface area contributed by atoms with Crippen LogP contribution in [-0.4, -0.2) is 7.11 Å². The zero-order valence-corrected chi connectivity index (χ0v) is 12.1. The predicted molar refractivity (Wildman–Crippen MR) is 77.0 cm³/mol. The van der Waals surface area contributed by atoms with Crippen LogP contribution in [-0.2, 0) is 0 Å². The second kappa shape index (κ2) is 5.89. The maximum Gasteiger partial charge on any atom is 0.149 e. The molecule has 0 bridgehead atoms. The minimum atomic E-state index is -0.353. The van der Waals surface area contributed by atoms with Gasteiger partial charge in [-0.25, -0.2) is 0 Å². The molecule has 0 aliphatic heterocycles. The molecule has 1 aromatic carbocycles. The van der Waals surface area contributed by atoms with Gasteiger partial charge in [0.05, 0.1) is 17.0 Å². The molecule has 0 radical (unpaired) electrons. The van der Waals surface area contributed by atoms with E-state index in [1.807, 2.05) is 36.4 Å². The van der Waals surface area contributed by atoms with Gasteiger partial charge in [0, 0.05) is 16.6 Å². The fourth-order valence-electron chi connectivity index (χ4n) is 1.53. The van der Waals surface area contributed by atoms with E-state index in [1.165, 1.54) is 0 Å². The van der Waals surface area contributed by atoms with Gasteiger partial charge < -0.3 is 10.1 Å². The van der Waals surface area contributed by atoms with Crippen molar-refractivity contribution < 1.29 is 4.74 Å². The number of methoxy groups -OCH3 is 1. The first-order valence-corrected chi connectivity index (χ1v) is 6.89. The monoisotopic (exact) mass is 322 g/mol. The first-order valence-electron chi connectivity index (χ1n) is 5.28. The van der Waals surface area contributed by atoms with Crippen molar-refractivity contribution in [1.29, 1.82) is 5.26 Å². The summed E-state index contributed by atoms with van der Waals surface area (Å²) >= 11 is 4.95. The lowest BCUT2D eigenvalue weighted by molar-refractivity contribution is 0.415. The van der Waals surface area contributed by atoms with Crippen LogP contribution in [0, 0.1) is 11.3 Å². The molecule has 0 spiro atoms. The van der Waals surface area contributed by atoms with Crippen LogP contribution in [0.3, 0.4) is 0 Å². The van der Waals surface area contributed by atoms with Crippen LogP contribution < -0.4 is 10.1 Å². The third-order valence-corrected chi connectivity index (χ3v) is 4.08. The van der Waals surface area contributed by atoms with Crippen molar-refractivity contribution in [1.82, 2.24) is 0 Å². The Bertz CT molecular complexity index is 576. The lowest BCUT2D eigenvalue weighted by Crippen LogP contribution is -2.06. The van der Waals surface area contributed by atoms with Gasteiger partial charge in [0.25, 0.3) is 0 Å². The summed E-state index contributed by atoms with van der Waals surface area (Å²) in [4.78, 5) is 0.979. The maximum atomic E-state index is 9.22. The molecule has 2 rings (SSSR count). The number of thiophene rings is 1. The molecule has 3 nitrogen and oxygen atoms in total. The third-order valence-electron chi connectivity index (χ3n) is 2.39. The molecule has 0 fully saturated rings. The molecule has 92 valence electrons. The number of benzene rings is 1. The van der Waals surface area contributed by atoms with Crippen molar-refractivity contribution in [3.05, 3.63) is 45.1 Å². The Morgan fingerprint density at radius 1 is 1.39 bits per heavy atom. The predicted octanol–water partition coefficient (Wildman–Crippen LogP) is 4.20. The van der Waals surface area contributed by atoms with Gasteiger partial charge in [-0.3, -0.25) is 0 Å². The quantitative estimate of drug-likeness (QED) is 0.917. The summed E-state index contributed by atoms with van der Waals surface area (Å²) in [5.41, 5.74) is 0.866. The zero-order chi connectivity index (χ0) is 13.0. The van der Waals surface area contributed by atoms with Crippen LogP contribution in [0.1, 0.15) is 10.9 Å². The first-order chi connectivity index (χ1) is 8.72. The molecule has 0 saturated heterocycles. The van der Waals surface area contributed by atoms with E-state index in [2.05, 4.69) is 27.3 Å². The lowest BCUT2D eigenvalue weighted by atomic mass is 10.2. The van der Waals surface area contributed by atoms with Gasteiger partial charge in [-0.2, -0.15) is 5.26 Å². The molecule has 2 aromatic rings. The Balaban J connectivity index is 2.18. The highest BCUT2D eigenvalue weighted by molar-refractivity contribution is 9.11. The normalized spacial score (nSPS) is 11.6. The molecule has 0 aliphatic carbocycles. The average molecular weight is 323 g/mol. The Hall–Kier alpha value is -1.51. The van der Waals surface area contributed by atoms with Gasteiger partial charge in [0.15, 0.2) is 0 Å². The number of halogens is 1. The number of hydrogen-bond acceptors (Lipinski definition) is 4. The van der Waals surface area contributed by atoms with E-state index in [4.69, 9.17) is 4.74 Å². The Labute approximate surface area is 118 Å². The van der Waals surface area contributed by atoms with Gasteiger partial charge in [-0.05, 0) is 40.2 Å². The van der Waals surface area contributed by atoms with E-state index < -0.39 is 0 Å². The van der Waals surface area contributed by atoms with Gasteiger partial charge in [0.2, 0.25) is 0 Å². The topological polar surface area (TPSA) is 45.0 Å². The van der Waals surface area contributed by atoms with E-state index in [0.717, 1.165) is 20.1 Å². The first kappa shape index (κ1) is 12.9. The standard InChI is InChI=1S/C13H11BrN2OS/c1-17-10-4-2-3-9(7-10)16-11(8-15)12-5-6-13(14)18-12/h2-7,11,16H,1H3. The van der Waals surface area contributed by atoms with Gasteiger partial charge in [-0.1, -0.05) is 6.07 Å². The minimum Gasteiger partial charge on any atom is -0.497 e. The summed E-state index contributed by atoms with van der Waals surface area (Å²) in [6.07, 6.45) is 0. The Morgan fingerprint density at radius 2 is 2.22 bits per heavy atom. The molecule has 1 heterocycles. The van der Waals surface area contributed by atoms with Crippen LogP contribution in [0.15, 0.2) is 40.2 Å². The smallest absolute Gasteiger partial charge is 0.149 e. The molecular weight excluding hydrogens is 312 g/mol. The molecule has 5 heteroatoms. The van der Waals surface area contributed by atoms with Crippen LogP contribution in [0.5, 0.6) is 5.75 Å². The fourth-order valence-corrected chi connectivity index (χ4v) is 2.95. The highest BCUT2D eigenvalue weighted by atomic mass is 79.9. The second-order valence-corrected chi connectivity index (χ2v) is 6.07. The molecule has 1 unspecified atom stereocenters. The van der Waals surface area contributed by atoms with Crippen LogP contribution >= 0.6 is 27.3 Å². The third kappa shape index (κ3) is 3.03. The molecular formula is C13H11BrN2OS. The summed E-state index contributed by atoms with van der Waals surface area (Å²) in [7, 11) is 1.62. The van der Waals surface area contributed by atoms with E-state index in [1.54, 1.807) is 18.4 Å². The summed E-state index contributed by atoms with van der Waals surface area (Å²) in [6, 6.07) is 13.3. The van der Waals surface area contributed by atoms with Crippen molar-refractivity contribution in [2.24, 2.45) is 0 Å². The van der Waals surface area contributed by atoms with Crippen molar-refractivity contribution in [2.45, 2.75) is 6.04 Å². The molecule has 0 amide bonds. The summed E-state index contributed by atoms with van der Waals surface area (Å²) in [5.74, 6) is 0.768. The number of nitrogens with one attached hydrogen (secondary N) is 1. The second-order valence-electron chi connectivity index (χ2n) is 3.58. The Morgan fingerprint density at radius 3 is 2.83 bits per heavy atom. The van der Waals surface area contributed by atoms with E-state index in [9.17, 15) is 5.26 Å². The largest absolute Gasteiger partial charge is 0.497 e. The number of anilines is 1. The molecule has 0 aliphatic rings. The van der Waals surface area contributed by atoms with E-state index in [0.29, 0.717) is 0 Å². The minimum absolute atomic E-state index is 0.353. The molecule has 1 N–H and O–H groups in total. The number of nitriles is 1. The number of hydrogen-bond donors (Lipinski definition) is 1. The SMILES string of the molecule is COc1cccc(NC(C#N)c2ccc(Br)s2)c1. The van der Waals surface area contributed by atoms with Crippen molar-refractivity contribution in [3.8, 4) is 11.8 Å². The molecule has 1 aromatic heterocycles. The lowest BCUT2D eigenvalue weighted by Gasteiger charge is -2.12. The highest BCUT2D eigenvalue weighted by Gasteiger charge is 2.12. The van der Waals surface area contributed by atoms with Crippen LogP contribution in [0.4, 0.5) is 5.69 Å². The van der Waals surface area contributed by atoms with Gasteiger partial charge in [0.1, 0.15) is 11.8 Å². The van der Waals surface area contributed by atoms with Gasteiger partial charge in [-0.15, -0.1) is 11.3 Å². The number of ether oxygens (including phenoxy) is 1. The van der Waals surface area contributed by atoms with E-state index >= 15 is 0 Å². The zero-order valence-electron chi connectivity index (χ0n) is 9.68. The molecule has 18 heavy (non-hydrogen) atoms. The average Bonchev–Trinajstić information content (AvgIpc) is 2.82. The van der Waals surface area contributed by atoms with Crippen molar-refractivity contribution in [3.63, 3.8) is 0 Å². The van der Waals surface area contributed by atoms with Crippen molar-refractivity contribution in [2.75, 3.05) is 12.4 Å². The maximum absolute atomic E-state index is 9.22. The van der Waals surface area contributed by atoms with Gasteiger partial charge >= 0.3 is 0 Å². The molecule has 0 saturated carbocycles.